The molecule has 1 fully saturated rings. The van der Waals surface area contributed by atoms with E-state index in [2.05, 4.69) is 9.97 Å². The predicted octanol–water partition coefficient (Wildman–Crippen LogP) is 4.70. The smallest absolute Gasteiger partial charge is 0.243 e. The molecular weight excluding hydrogens is 524 g/mol. The number of halogens is 2. The van der Waals surface area contributed by atoms with Crippen LogP contribution < -0.4 is 4.90 Å². The average molecular weight is 552 g/mol. The molecule has 0 radical (unpaired) electrons. The standard InChI is InChI=1S/C28H27F2N5O3S/c1-17-14-19-15-22(6-8-26(19)34(17)18(2)36)39(37,38)33-12-9-21(10-13-33)35-27(23-7-5-20(29)16-24(23)30)32-25-4-3-11-31-28(25)35/h3-8,11,15-17,21H,9-10,12-14H2,1-2H3. The number of pyridine rings is 1. The molecule has 11 heteroatoms. The van der Waals surface area contributed by atoms with Crippen LogP contribution in [0.3, 0.4) is 0 Å². The summed E-state index contributed by atoms with van der Waals surface area (Å²) >= 11 is 0. The summed E-state index contributed by atoms with van der Waals surface area (Å²) in [6, 6.07) is 11.7. The van der Waals surface area contributed by atoms with E-state index in [0.717, 1.165) is 17.3 Å². The Balaban J connectivity index is 1.28. The molecule has 2 aliphatic heterocycles. The first-order valence-corrected chi connectivity index (χ1v) is 14.3. The molecule has 2 aromatic heterocycles. The predicted molar refractivity (Wildman–Crippen MR) is 143 cm³/mol. The maximum Gasteiger partial charge on any atom is 0.243 e. The van der Waals surface area contributed by atoms with Crippen LogP contribution in [-0.2, 0) is 21.2 Å². The Bertz CT molecular complexity index is 1710. The van der Waals surface area contributed by atoms with Gasteiger partial charge >= 0.3 is 0 Å². The topological polar surface area (TPSA) is 88.4 Å². The van der Waals surface area contributed by atoms with Crippen molar-refractivity contribution in [1.82, 2.24) is 18.8 Å². The van der Waals surface area contributed by atoms with Gasteiger partial charge in [-0.1, -0.05) is 0 Å². The van der Waals surface area contributed by atoms with Crippen LogP contribution in [0, 0.1) is 11.6 Å². The zero-order valence-corrected chi connectivity index (χ0v) is 22.3. The summed E-state index contributed by atoms with van der Waals surface area (Å²) in [5.74, 6) is -1.13. The number of imidazole rings is 1. The molecule has 0 spiro atoms. The molecule has 6 rings (SSSR count). The SMILES string of the molecule is CC(=O)N1c2ccc(S(=O)(=O)N3CCC(n4c(-c5ccc(F)cc5F)nc5cccnc54)CC3)cc2CC1C. The number of hydrogen-bond acceptors (Lipinski definition) is 5. The minimum Gasteiger partial charge on any atom is -0.309 e. The molecule has 4 heterocycles. The Labute approximate surface area is 224 Å². The third kappa shape index (κ3) is 4.29. The zero-order valence-electron chi connectivity index (χ0n) is 21.5. The van der Waals surface area contributed by atoms with Crippen molar-refractivity contribution >= 4 is 32.8 Å². The number of benzene rings is 2. The van der Waals surface area contributed by atoms with Gasteiger partial charge in [0.15, 0.2) is 5.65 Å². The quantitative estimate of drug-likeness (QED) is 0.367. The average Bonchev–Trinajstić information content (AvgIpc) is 3.45. The first-order chi connectivity index (χ1) is 18.6. The number of fused-ring (bicyclic) bond motifs is 2. The number of carbonyl (C=O) groups is 1. The Hall–Kier alpha value is -3.70. The summed E-state index contributed by atoms with van der Waals surface area (Å²) < 4.78 is 58.9. The van der Waals surface area contributed by atoms with Crippen LogP contribution in [-0.4, -0.2) is 52.3 Å². The first-order valence-electron chi connectivity index (χ1n) is 12.9. The maximum atomic E-state index is 14.8. The van der Waals surface area contributed by atoms with Gasteiger partial charge in [-0.15, -0.1) is 0 Å². The molecule has 8 nitrogen and oxygen atoms in total. The van der Waals surface area contributed by atoms with Gasteiger partial charge in [0.2, 0.25) is 15.9 Å². The van der Waals surface area contributed by atoms with Gasteiger partial charge in [-0.2, -0.15) is 4.31 Å². The lowest BCUT2D eigenvalue weighted by Gasteiger charge is -2.32. The molecule has 1 amide bonds. The fraction of sp³-hybridized carbons (Fsp3) is 0.321. The third-order valence-electron chi connectivity index (χ3n) is 7.65. The molecule has 1 saturated heterocycles. The van der Waals surface area contributed by atoms with Crippen LogP contribution in [0.1, 0.15) is 38.3 Å². The van der Waals surface area contributed by atoms with E-state index < -0.39 is 21.7 Å². The highest BCUT2D eigenvalue weighted by molar-refractivity contribution is 7.89. The Kier molecular flexibility index (Phi) is 6.22. The number of anilines is 1. The number of rotatable bonds is 4. The second kappa shape index (κ2) is 9.49. The van der Waals surface area contributed by atoms with Crippen molar-refractivity contribution in [2.45, 2.75) is 50.1 Å². The van der Waals surface area contributed by atoms with E-state index in [4.69, 9.17) is 0 Å². The van der Waals surface area contributed by atoms with Gasteiger partial charge in [-0.3, -0.25) is 4.79 Å². The second-order valence-corrected chi connectivity index (χ2v) is 12.1. The van der Waals surface area contributed by atoms with Gasteiger partial charge in [0, 0.05) is 50.0 Å². The lowest BCUT2D eigenvalue weighted by atomic mass is 10.1. The van der Waals surface area contributed by atoms with E-state index in [0.29, 0.717) is 36.3 Å². The molecule has 2 aliphatic rings. The van der Waals surface area contributed by atoms with Gasteiger partial charge in [0.25, 0.3) is 0 Å². The molecule has 39 heavy (non-hydrogen) atoms. The van der Waals surface area contributed by atoms with Crippen LogP contribution in [0.4, 0.5) is 14.5 Å². The zero-order chi connectivity index (χ0) is 27.5. The van der Waals surface area contributed by atoms with Gasteiger partial charge in [0.05, 0.1) is 10.5 Å². The van der Waals surface area contributed by atoms with Crippen molar-refractivity contribution in [1.29, 1.82) is 0 Å². The van der Waals surface area contributed by atoms with Crippen molar-refractivity contribution in [2.24, 2.45) is 0 Å². The number of sulfonamides is 1. The Morgan fingerprint density at radius 1 is 1.05 bits per heavy atom. The summed E-state index contributed by atoms with van der Waals surface area (Å²) in [6.45, 7) is 3.98. The van der Waals surface area contributed by atoms with Crippen LogP contribution in [0.2, 0.25) is 0 Å². The number of piperidine rings is 1. The van der Waals surface area contributed by atoms with Gasteiger partial charge in [-0.05, 0) is 74.2 Å². The lowest BCUT2D eigenvalue weighted by molar-refractivity contribution is -0.116. The number of carbonyl (C=O) groups excluding carboxylic acids is 1. The van der Waals surface area contributed by atoms with E-state index >= 15 is 0 Å². The van der Waals surface area contributed by atoms with E-state index in [1.165, 1.54) is 23.4 Å². The summed E-state index contributed by atoms with van der Waals surface area (Å²) in [7, 11) is -3.76. The highest BCUT2D eigenvalue weighted by Crippen LogP contribution is 2.37. The van der Waals surface area contributed by atoms with Crippen molar-refractivity contribution < 1.29 is 22.0 Å². The molecule has 1 unspecified atom stereocenters. The molecule has 0 aliphatic carbocycles. The fourth-order valence-electron chi connectivity index (χ4n) is 5.87. The van der Waals surface area contributed by atoms with Crippen molar-refractivity contribution in [3.05, 3.63) is 71.9 Å². The fourth-order valence-corrected chi connectivity index (χ4v) is 7.39. The van der Waals surface area contributed by atoms with Crippen LogP contribution in [0.15, 0.2) is 59.6 Å². The Morgan fingerprint density at radius 2 is 1.82 bits per heavy atom. The summed E-state index contributed by atoms with van der Waals surface area (Å²) in [5.41, 5.74) is 2.92. The molecule has 202 valence electrons. The summed E-state index contributed by atoms with van der Waals surface area (Å²) in [5, 5.41) is 0. The van der Waals surface area contributed by atoms with Gasteiger partial charge < -0.3 is 9.47 Å². The highest BCUT2D eigenvalue weighted by atomic mass is 32.2. The molecule has 0 saturated carbocycles. The summed E-state index contributed by atoms with van der Waals surface area (Å²) in [4.78, 5) is 23.0. The van der Waals surface area contributed by atoms with Crippen LogP contribution in [0.25, 0.3) is 22.6 Å². The monoisotopic (exact) mass is 551 g/mol. The minimum atomic E-state index is -3.76. The molecule has 2 aromatic carbocycles. The normalized spacial score (nSPS) is 18.6. The van der Waals surface area contributed by atoms with E-state index in [1.807, 2.05) is 11.5 Å². The van der Waals surface area contributed by atoms with E-state index in [9.17, 15) is 22.0 Å². The molecular formula is C28H27F2N5O3S. The van der Waals surface area contributed by atoms with E-state index in [-0.39, 0.29) is 41.5 Å². The molecule has 0 bridgehead atoms. The molecule has 0 N–H and O–H groups in total. The van der Waals surface area contributed by atoms with Crippen LogP contribution in [0.5, 0.6) is 0 Å². The van der Waals surface area contributed by atoms with Crippen molar-refractivity contribution in [3.63, 3.8) is 0 Å². The number of aromatic nitrogens is 3. The summed E-state index contributed by atoms with van der Waals surface area (Å²) in [6.07, 6.45) is 3.17. The van der Waals surface area contributed by atoms with Gasteiger partial charge in [0.1, 0.15) is 23.0 Å². The maximum absolute atomic E-state index is 14.8. The van der Waals surface area contributed by atoms with Crippen molar-refractivity contribution in [3.8, 4) is 11.4 Å². The van der Waals surface area contributed by atoms with E-state index in [1.54, 1.807) is 41.4 Å². The highest BCUT2D eigenvalue weighted by Gasteiger charge is 2.35. The van der Waals surface area contributed by atoms with Crippen LogP contribution >= 0.6 is 0 Å². The molecule has 4 aromatic rings. The number of hydrogen-bond donors (Lipinski definition) is 0. The van der Waals surface area contributed by atoms with Gasteiger partial charge in [-0.25, -0.2) is 27.2 Å². The number of nitrogens with zero attached hydrogens (tertiary/aromatic N) is 5. The second-order valence-electron chi connectivity index (χ2n) is 10.1. The largest absolute Gasteiger partial charge is 0.309 e. The first kappa shape index (κ1) is 25.6. The third-order valence-corrected chi connectivity index (χ3v) is 9.55. The van der Waals surface area contributed by atoms with Crippen molar-refractivity contribution in [2.75, 3.05) is 18.0 Å². The lowest BCUT2D eigenvalue weighted by Crippen LogP contribution is -2.39. The minimum absolute atomic E-state index is 0.0232. The number of amides is 1. The Morgan fingerprint density at radius 3 is 2.54 bits per heavy atom. The molecule has 1 atom stereocenters.